The lowest BCUT2D eigenvalue weighted by Gasteiger charge is -2.21. The van der Waals surface area contributed by atoms with Crippen LogP contribution in [0.2, 0.25) is 0 Å². The predicted molar refractivity (Wildman–Crippen MR) is 68.4 cm³/mol. The Morgan fingerprint density at radius 3 is 2.65 bits per heavy atom. The first kappa shape index (κ1) is 12.9. The molecule has 4 nitrogen and oxygen atoms in total. The fourth-order valence-corrected chi connectivity index (χ4v) is 4.93. The third-order valence-corrected chi connectivity index (χ3v) is 5.93. The topological polar surface area (TPSA) is 57.6 Å². The summed E-state index contributed by atoms with van der Waals surface area (Å²) in [5.74, 6) is 1.07. The quantitative estimate of drug-likeness (QED) is 0.894. The molecule has 0 bridgehead atoms. The highest BCUT2D eigenvalue weighted by Crippen LogP contribution is 2.27. The molecule has 0 spiro atoms. The lowest BCUT2D eigenvalue weighted by Crippen LogP contribution is -2.38. The molecule has 17 heavy (non-hydrogen) atoms. The van der Waals surface area contributed by atoms with Crippen molar-refractivity contribution < 1.29 is 13.5 Å². The van der Waals surface area contributed by atoms with Crippen LogP contribution in [0.15, 0.2) is 29.2 Å². The summed E-state index contributed by atoms with van der Waals surface area (Å²) in [7, 11) is -3.46. The number of rotatable bonds is 3. The maximum absolute atomic E-state index is 12.3. The van der Waals surface area contributed by atoms with Crippen LogP contribution in [-0.4, -0.2) is 42.1 Å². The Hall–Kier alpha value is -0.560. The Kier molecular flexibility index (Phi) is 3.77. The summed E-state index contributed by atoms with van der Waals surface area (Å²) >= 11 is 1.53. The van der Waals surface area contributed by atoms with Crippen molar-refractivity contribution in [3.8, 4) is 0 Å². The Balaban J connectivity index is 2.33. The molecule has 1 aromatic carbocycles. The van der Waals surface area contributed by atoms with Crippen LogP contribution in [0.5, 0.6) is 0 Å². The molecule has 1 heterocycles. The Morgan fingerprint density at radius 1 is 1.41 bits per heavy atom. The number of hydrogen-bond donors (Lipinski definition) is 1. The van der Waals surface area contributed by atoms with Gasteiger partial charge < -0.3 is 5.11 Å². The van der Waals surface area contributed by atoms with Crippen LogP contribution in [0.25, 0.3) is 0 Å². The first-order chi connectivity index (χ1) is 8.05. The molecule has 0 aliphatic carbocycles. The van der Waals surface area contributed by atoms with Crippen molar-refractivity contribution in [2.24, 2.45) is 0 Å². The van der Waals surface area contributed by atoms with E-state index in [9.17, 15) is 13.5 Å². The third kappa shape index (κ3) is 2.49. The zero-order valence-corrected chi connectivity index (χ0v) is 11.2. The first-order valence-corrected chi connectivity index (χ1v) is 7.92. The zero-order chi connectivity index (χ0) is 12.5. The van der Waals surface area contributed by atoms with Gasteiger partial charge in [0.25, 0.3) is 0 Å². The minimum Gasteiger partial charge on any atom is -0.395 e. The molecule has 0 amide bonds. The van der Waals surface area contributed by atoms with Crippen LogP contribution in [0.3, 0.4) is 0 Å². The van der Waals surface area contributed by atoms with Crippen molar-refractivity contribution in [3.05, 3.63) is 29.8 Å². The molecule has 1 aliphatic rings. The molecule has 1 aromatic rings. The van der Waals surface area contributed by atoms with E-state index in [4.69, 9.17) is 0 Å². The summed E-state index contributed by atoms with van der Waals surface area (Å²) in [5.41, 5.74) is 1.03. The molecule has 1 N–H and O–H groups in total. The lowest BCUT2D eigenvalue weighted by atomic mass is 10.2. The summed E-state index contributed by atoms with van der Waals surface area (Å²) < 4.78 is 26.0. The number of benzene rings is 1. The van der Waals surface area contributed by atoms with E-state index in [0.29, 0.717) is 16.5 Å². The van der Waals surface area contributed by atoms with Gasteiger partial charge in [0.15, 0.2) is 0 Å². The highest BCUT2D eigenvalue weighted by Gasteiger charge is 2.35. The van der Waals surface area contributed by atoms with Gasteiger partial charge in [-0.3, -0.25) is 0 Å². The van der Waals surface area contributed by atoms with Crippen LogP contribution in [-0.2, 0) is 10.0 Å². The molecule has 0 aromatic heterocycles. The maximum Gasteiger partial charge on any atom is 0.244 e. The standard InChI is InChI=1S/C11H15NO3S2/c1-9-2-4-11(5-3-9)17(14,15)12-8-16-7-10(12)6-13/h2-5,10,13H,6-8H2,1H3/t10-/m1/s1. The molecule has 0 unspecified atom stereocenters. The van der Waals surface area contributed by atoms with E-state index in [0.717, 1.165) is 5.56 Å². The molecule has 1 atom stereocenters. The highest BCUT2D eigenvalue weighted by atomic mass is 32.2. The van der Waals surface area contributed by atoms with E-state index < -0.39 is 10.0 Å². The van der Waals surface area contributed by atoms with Gasteiger partial charge in [-0.1, -0.05) is 17.7 Å². The number of thioether (sulfide) groups is 1. The van der Waals surface area contributed by atoms with Gasteiger partial charge in [-0.25, -0.2) is 8.42 Å². The Labute approximate surface area is 106 Å². The largest absolute Gasteiger partial charge is 0.395 e. The van der Waals surface area contributed by atoms with Crippen molar-refractivity contribution in [3.63, 3.8) is 0 Å². The summed E-state index contributed by atoms with van der Waals surface area (Å²) in [6, 6.07) is 6.49. The number of sulfonamides is 1. The van der Waals surface area contributed by atoms with Gasteiger partial charge in [0, 0.05) is 5.75 Å². The molecular weight excluding hydrogens is 258 g/mol. The molecule has 0 radical (unpaired) electrons. The summed E-state index contributed by atoms with van der Waals surface area (Å²) in [5, 5.41) is 9.17. The Morgan fingerprint density at radius 2 is 2.06 bits per heavy atom. The van der Waals surface area contributed by atoms with Gasteiger partial charge in [0.2, 0.25) is 10.0 Å². The second-order valence-corrected chi connectivity index (χ2v) is 6.93. The smallest absolute Gasteiger partial charge is 0.244 e. The van der Waals surface area contributed by atoms with E-state index in [1.807, 2.05) is 6.92 Å². The van der Waals surface area contributed by atoms with Gasteiger partial charge in [-0.05, 0) is 19.1 Å². The van der Waals surface area contributed by atoms with Gasteiger partial charge in [0.05, 0.1) is 23.4 Å². The predicted octanol–water partition coefficient (Wildman–Crippen LogP) is 1.05. The molecule has 1 fully saturated rings. The second-order valence-electron chi connectivity index (χ2n) is 4.04. The Bertz CT molecular complexity index is 484. The average Bonchev–Trinajstić information content (AvgIpc) is 2.78. The average molecular weight is 273 g/mol. The number of aliphatic hydroxyl groups is 1. The number of hydrogen-bond acceptors (Lipinski definition) is 4. The molecule has 1 aliphatic heterocycles. The number of nitrogens with zero attached hydrogens (tertiary/aromatic N) is 1. The van der Waals surface area contributed by atoms with Gasteiger partial charge in [-0.15, -0.1) is 11.8 Å². The van der Waals surface area contributed by atoms with Crippen molar-refractivity contribution in [2.45, 2.75) is 17.9 Å². The fraction of sp³-hybridized carbons (Fsp3) is 0.455. The fourth-order valence-electron chi connectivity index (χ4n) is 1.72. The van der Waals surface area contributed by atoms with E-state index in [1.54, 1.807) is 24.3 Å². The summed E-state index contributed by atoms with van der Waals surface area (Å²) in [4.78, 5) is 0.295. The van der Waals surface area contributed by atoms with Gasteiger partial charge in [0.1, 0.15) is 0 Å². The SMILES string of the molecule is Cc1ccc(S(=O)(=O)N2CSC[C@H]2CO)cc1. The first-order valence-electron chi connectivity index (χ1n) is 5.33. The molecule has 6 heteroatoms. The van der Waals surface area contributed by atoms with E-state index >= 15 is 0 Å². The third-order valence-electron chi connectivity index (χ3n) is 2.77. The van der Waals surface area contributed by atoms with Crippen LogP contribution >= 0.6 is 11.8 Å². The lowest BCUT2D eigenvalue weighted by molar-refractivity contribution is 0.220. The summed E-state index contributed by atoms with van der Waals surface area (Å²) in [6.45, 7) is 1.79. The number of aliphatic hydroxyl groups excluding tert-OH is 1. The normalized spacial score (nSPS) is 21.9. The molecule has 94 valence electrons. The zero-order valence-electron chi connectivity index (χ0n) is 9.54. The molecule has 1 saturated heterocycles. The minimum atomic E-state index is -3.46. The monoisotopic (exact) mass is 273 g/mol. The van der Waals surface area contributed by atoms with Crippen molar-refractivity contribution >= 4 is 21.8 Å². The van der Waals surface area contributed by atoms with E-state index in [-0.39, 0.29) is 12.6 Å². The van der Waals surface area contributed by atoms with E-state index in [1.165, 1.54) is 16.1 Å². The number of aryl methyl sites for hydroxylation is 1. The molecular formula is C11H15NO3S2. The highest BCUT2D eigenvalue weighted by molar-refractivity contribution is 8.00. The minimum absolute atomic E-state index is 0.127. The van der Waals surface area contributed by atoms with Gasteiger partial charge in [-0.2, -0.15) is 4.31 Å². The van der Waals surface area contributed by atoms with Crippen molar-refractivity contribution in [2.75, 3.05) is 18.2 Å². The van der Waals surface area contributed by atoms with Crippen molar-refractivity contribution in [1.82, 2.24) is 4.31 Å². The van der Waals surface area contributed by atoms with Crippen LogP contribution < -0.4 is 0 Å². The molecule has 0 saturated carbocycles. The van der Waals surface area contributed by atoms with Crippen LogP contribution in [0, 0.1) is 6.92 Å². The second kappa shape index (κ2) is 4.97. The van der Waals surface area contributed by atoms with Gasteiger partial charge >= 0.3 is 0 Å². The van der Waals surface area contributed by atoms with E-state index in [2.05, 4.69) is 0 Å². The maximum atomic E-state index is 12.3. The van der Waals surface area contributed by atoms with Crippen LogP contribution in [0.4, 0.5) is 0 Å². The van der Waals surface area contributed by atoms with Crippen molar-refractivity contribution in [1.29, 1.82) is 0 Å². The summed E-state index contributed by atoms with van der Waals surface area (Å²) in [6.07, 6.45) is 0. The van der Waals surface area contributed by atoms with Crippen LogP contribution in [0.1, 0.15) is 5.56 Å². The molecule has 2 rings (SSSR count).